The molecule has 0 radical (unpaired) electrons. The summed E-state index contributed by atoms with van der Waals surface area (Å²) in [6.45, 7) is 4.41. The van der Waals surface area contributed by atoms with Crippen LogP contribution in [0, 0.1) is 0 Å². The Labute approximate surface area is 108 Å². The number of carbonyl (C=O) groups is 1. The molecule has 86 valence electrons. The van der Waals surface area contributed by atoms with Crippen LogP contribution in [0.1, 0.15) is 0 Å². The first-order chi connectivity index (χ1) is 7.63. The number of nitrogens with one attached hydrogen (secondary N) is 2. The van der Waals surface area contributed by atoms with E-state index in [1.165, 1.54) is 0 Å². The highest BCUT2D eigenvalue weighted by atomic mass is 79.9. The van der Waals surface area contributed by atoms with E-state index in [1.807, 2.05) is 0 Å². The van der Waals surface area contributed by atoms with E-state index in [1.54, 1.807) is 24.3 Å². The summed E-state index contributed by atoms with van der Waals surface area (Å²) < 4.78 is 0.756. The van der Waals surface area contributed by atoms with Crippen LogP contribution in [-0.2, 0) is 4.79 Å². The van der Waals surface area contributed by atoms with Crippen molar-refractivity contribution in [1.82, 2.24) is 5.32 Å². The van der Waals surface area contributed by atoms with Gasteiger partial charge >= 0.3 is 0 Å². The molecule has 0 aliphatic heterocycles. The average Bonchev–Trinajstić information content (AvgIpc) is 2.24. The second-order valence-corrected chi connectivity index (χ2v) is 4.36. The molecule has 0 fully saturated rings. The molecular weight excluding hydrogens is 291 g/mol. The number of amides is 1. The van der Waals surface area contributed by atoms with E-state index in [-0.39, 0.29) is 12.5 Å². The highest BCUT2D eigenvalue weighted by Crippen LogP contribution is 2.25. The van der Waals surface area contributed by atoms with Crippen LogP contribution in [0.4, 0.5) is 5.69 Å². The molecule has 5 heteroatoms. The summed E-state index contributed by atoms with van der Waals surface area (Å²) in [5.41, 5.74) is 0.710. The maximum atomic E-state index is 11.4. The molecule has 0 atom stereocenters. The minimum Gasteiger partial charge on any atom is -0.325 e. The van der Waals surface area contributed by atoms with Gasteiger partial charge in [-0.1, -0.05) is 17.7 Å². The maximum absolute atomic E-state index is 11.4. The minimum atomic E-state index is -0.101. The van der Waals surface area contributed by atoms with E-state index in [0.29, 0.717) is 17.3 Å². The molecule has 0 aliphatic carbocycles. The molecule has 16 heavy (non-hydrogen) atoms. The van der Waals surface area contributed by atoms with Gasteiger partial charge in [-0.05, 0) is 34.1 Å². The Kier molecular flexibility index (Phi) is 5.52. The van der Waals surface area contributed by atoms with Gasteiger partial charge in [-0.3, -0.25) is 4.79 Å². The summed E-state index contributed by atoms with van der Waals surface area (Å²) in [4.78, 5) is 11.4. The number of hydrogen-bond acceptors (Lipinski definition) is 2. The van der Waals surface area contributed by atoms with Crippen LogP contribution < -0.4 is 10.6 Å². The Bertz CT molecular complexity index is 396. The van der Waals surface area contributed by atoms with Crippen molar-refractivity contribution in [2.24, 2.45) is 0 Å². The number of anilines is 1. The Balaban J connectivity index is 2.49. The van der Waals surface area contributed by atoms with Crippen molar-refractivity contribution in [3.63, 3.8) is 0 Å². The van der Waals surface area contributed by atoms with Gasteiger partial charge in [0.25, 0.3) is 0 Å². The van der Waals surface area contributed by atoms with Crippen molar-refractivity contribution < 1.29 is 4.79 Å². The van der Waals surface area contributed by atoms with Crippen LogP contribution in [0.3, 0.4) is 0 Å². The molecule has 0 aliphatic rings. The zero-order chi connectivity index (χ0) is 12.0. The van der Waals surface area contributed by atoms with Crippen molar-refractivity contribution in [3.8, 4) is 0 Å². The van der Waals surface area contributed by atoms with Gasteiger partial charge in [0, 0.05) is 16.7 Å². The summed E-state index contributed by atoms with van der Waals surface area (Å²) in [6.07, 6.45) is 1.70. The summed E-state index contributed by atoms with van der Waals surface area (Å²) in [5.74, 6) is -0.101. The SMILES string of the molecule is C=CCNCC(=O)Nc1ccc(Cl)c(Br)c1. The number of benzene rings is 1. The molecule has 0 spiro atoms. The number of carbonyl (C=O) groups excluding carboxylic acids is 1. The average molecular weight is 304 g/mol. The third-order valence-electron chi connectivity index (χ3n) is 1.78. The Morgan fingerprint density at radius 2 is 2.31 bits per heavy atom. The van der Waals surface area contributed by atoms with Crippen LogP contribution in [0.5, 0.6) is 0 Å². The first-order valence-corrected chi connectivity index (χ1v) is 5.87. The normalized spacial score (nSPS) is 9.88. The van der Waals surface area contributed by atoms with Gasteiger partial charge < -0.3 is 10.6 Å². The molecule has 1 rings (SSSR count). The molecule has 0 aromatic heterocycles. The molecule has 0 saturated carbocycles. The number of halogens is 2. The zero-order valence-corrected chi connectivity index (χ0v) is 10.9. The van der Waals surface area contributed by atoms with Crippen LogP contribution in [0.25, 0.3) is 0 Å². The largest absolute Gasteiger partial charge is 0.325 e. The van der Waals surface area contributed by atoms with Crippen molar-refractivity contribution in [1.29, 1.82) is 0 Å². The lowest BCUT2D eigenvalue weighted by molar-refractivity contribution is -0.115. The van der Waals surface area contributed by atoms with E-state index in [2.05, 4.69) is 33.1 Å². The smallest absolute Gasteiger partial charge is 0.238 e. The van der Waals surface area contributed by atoms with E-state index in [0.717, 1.165) is 4.47 Å². The standard InChI is InChI=1S/C11H12BrClN2O/c1-2-5-14-7-11(16)15-8-3-4-10(13)9(12)6-8/h2-4,6,14H,1,5,7H2,(H,15,16). The third-order valence-corrected chi connectivity index (χ3v) is 2.99. The fraction of sp³-hybridized carbons (Fsp3) is 0.182. The molecule has 0 bridgehead atoms. The van der Waals surface area contributed by atoms with Crippen LogP contribution in [0.15, 0.2) is 35.3 Å². The molecular formula is C11H12BrClN2O. The van der Waals surface area contributed by atoms with Gasteiger partial charge in [-0.15, -0.1) is 6.58 Å². The van der Waals surface area contributed by atoms with Crippen molar-refractivity contribution in [3.05, 3.63) is 40.3 Å². The first-order valence-electron chi connectivity index (χ1n) is 4.70. The Hall–Kier alpha value is -0.840. The zero-order valence-electron chi connectivity index (χ0n) is 8.59. The third kappa shape index (κ3) is 4.35. The fourth-order valence-electron chi connectivity index (χ4n) is 1.07. The van der Waals surface area contributed by atoms with Crippen LogP contribution in [-0.4, -0.2) is 19.0 Å². The fourth-order valence-corrected chi connectivity index (χ4v) is 1.56. The van der Waals surface area contributed by atoms with Crippen molar-refractivity contribution in [2.75, 3.05) is 18.4 Å². The topological polar surface area (TPSA) is 41.1 Å². The van der Waals surface area contributed by atoms with Gasteiger partial charge in [-0.2, -0.15) is 0 Å². The highest BCUT2D eigenvalue weighted by molar-refractivity contribution is 9.10. The Morgan fingerprint density at radius 3 is 2.94 bits per heavy atom. The summed E-state index contributed by atoms with van der Waals surface area (Å²) in [6, 6.07) is 5.23. The summed E-state index contributed by atoms with van der Waals surface area (Å²) in [5, 5.41) is 6.27. The van der Waals surface area contributed by atoms with Crippen LogP contribution in [0.2, 0.25) is 5.02 Å². The van der Waals surface area contributed by atoms with Gasteiger partial charge in [0.1, 0.15) is 0 Å². The second-order valence-electron chi connectivity index (χ2n) is 3.10. The van der Waals surface area contributed by atoms with E-state index in [9.17, 15) is 4.79 Å². The first kappa shape index (κ1) is 13.2. The van der Waals surface area contributed by atoms with Crippen molar-refractivity contribution >= 4 is 39.1 Å². The van der Waals surface area contributed by atoms with Gasteiger partial charge in [-0.25, -0.2) is 0 Å². The van der Waals surface area contributed by atoms with Gasteiger partial charge in [0.05, 0.1) is 11.6 Å². The quantitative estimate of drug-likeness (QED) is 0.649. The number of hydrogen-bond donors (Lipinski definition) is 2. The van der Waals surface area contributed by atoms with Crippen molar-refractivity contribution in [2.45, 2.75) is 0 Å². The molecule has 1 aromatic rings. The minimum absolute atomic E-state index is 0.101. The van der Waals surface area contributed by atoms with E-state index in [4.69, 9.17) is 11.6 Å². The molecule has 1 amide bonds. The summed E-state index contributed by atoms with van der Waals surface area (Å²) >= 11 is 9.12. The van der Waals surface area contributed by atoms with Gasteiger partial charge in [0.2, 0.25) is 5.91 Å². The molecule has 1 aromatic carbocycles. The number of rotatable bonds is 5. The second kappa shape index (κ2) is 6.68. The van der Waals surface area contributed by atoms with E-state index >= 15 is 0 Å². The lowest BCUT2D eigenvalue weighted by atomic mass is 10.3. The van der Waals surface area contributed by atoms with E-state index < -0.39 is 0 Å². The molecule has 2 N–H and O–H groups in total. The van der Waals surface area contributed by atoms with Gasteiger partial charge in [0.15, 0.2) is 0 Å². The van der Waals surface area contributed by atoms with Crippen LogP contribution >= 0.6 is 27.5 Å². The lowest BCUT2D eigenvalue weighted by Gasteiger charge is -2.06. The molecule has 3 nitrogen and oxygen atoms in total. The molecule has 0 unspecified atom stereocenters. The predicted molar refractivity (Wildman–Crippen MR) is 70.8 cm³/mol. The highest BCUT2D eigenvalue weighted by Gasteiger charge is 2.03. The molecule has 0 saturated heterocycles. The predicted octanol–water partition coefficient (Wildman–Crippen LogP) is 2.82. The lowest BCUT2D eigenvalue weighted by Crippen LogP contribution is -2.28. The molecule has 0 heterocycles. The monoisotopic (exact) mass is 302 g/mol. The maximum Gasteiger partial charge on any atom is 0.238 e. The Morgan fingerprint density at radius 1 is 1.56 bits per heavy atom. The summed E-state index contributed by atoms with van der Waals surface area (Å²) in [7, 11) is 0.